The fraction of sp³-hybridized carbons (Fsp3) is 0.588. The number of hydrogen-bond donors (Lipinski definition) is 2. The summed E-state index contributed by atoms with van der Waals surface area (Å²) in [4.78, 5) is 31.8. The number of rotatable bonds is 6. The third-order valence-electron chi connectivity index (χ3n) is 4.24. The maximum absolute atomic E-state index is 12.7. The number of anilines is 1. The van der Waals surface area contributed by atoms with Crippen molar-refractivity contribution < 1.29 is 19.8 Å². The number of amides is 1. The SMILES string of the molecule is CC(C)C[C@H](C(=O)N1CCN(c2ccccn2)CC1)[C@@H](O)C(=O)O. The highest BCUT2D eigenvalue weighted by atomic mass is 16.4. The van der Waals surface area contributed by atoms with Crippen molar-refractivity contribution in [2.45, 2.75) is 26.4 Å². The van der Waals surface area contributed by atoms with Gasteiger partial charge in [0, 0.05) is 32.4 Å². The van der Waals surface area contributed by atoms with Crippen molar-refractivity contribution in [3.63, 3.8) is 0 Å². The first-order chi connectivity index (χ1) is 11.4. The molecule has 2 atom stereocenters. The minimum absolute atomic E-state index is 0.128. The largest absolute Gasteiger partial charge is 0.479 e. The van der Waals surface area contributed by atoms with Gasteiger partial charge in [-0.15, -0.1) is 0 Å². The zero-order valence-corrected chi connectivity index (χ0v) is 14.1. The van der Waals surface area contributed by atoms with E-state index < -0.39 is 18.0 Å². The Bertz CT molecular complexity index is 556. The fourth-order valence-corrected chi connectivity index (χ4v) is 2.98. The first-order valence-corrected chi connectivity index (χ1v) is 8.25. The third kappa shape index (κ3) is 4.44. The number of aliphatic carboxylic acids is 1. The van der Waals surface area contributed by atoms with Crippen molar-refractivity contribution >= 4 is 17.7 Å². The maximum Gasteiger partial charge on any atom is 0.333 e. The lowest BCUT2D eigenvalue weighted by Crippen LogP contribution is -2.53. The molecule has 1 aliphatic heterocycles. The van der Waals surface area contributed by atoms with Gasteiger partial charge in [0.25, 0.3) is 0 Å². The summed E-state index contributed by atoms with van der Waals surface area (Å²) < 4.78 is 0. The first kappa shape index (κ1) is 18.2. The van der Waals surface area contributed by atoms with Crippen molar-refractivity contribution in [3.05, 3.63) is 24.4 Å². The van der Waals surface area contributed by atoms with E-state index in [0.29, 0.717) is 32.6 Å². The van der Waals surface area contributed by atoms with E-state index in [9.17, 15) is 14.7 Å². The van der Waals surface area contributed by atoms with E-state index in [-0.39, 0.29) is 11.8 Å². The molecule has 0 aliphatic carbocycles. The summed E-state index contributed by atoms with van der Waals surface area (Å²) in [5.41, 5.74) is 0. The molecule has 0 saturated carbocycles. The molecule has 0 radical (unpaired) electrons. The monoisotopic (exact) mass is 335 g/mol. The van der Waals surface area contributed by atoms with Gasteiger partial charge in [-0.05, 0) is 24.5 Å². The Morgan fingerprint density at radius 3 is 2.38 bits per heavy atom. The molecular formula is C17H25N3O4. The lowest BCUT2D eigenvalue weighted by Gasteiger charge is -2.37. The van der Waals surface area contributed by atoms with Crippen LogP contribution >= 0.6 is 0 Å². The zero-order valence-electron chi connectivity index (χ0n) is 14.1. The van der Waals surface area contributed by atoms with Crippen LogP contribution in [0.15, 0.2) is 24.4 Å². The summed E-state index contributed by atoms with van der Waals surface area (Å²) in [6.07, 6.45) is 0.426. The smallest absolute Gasteiger partial charge is 0.333 e. The summed E-state index contributed by atoms with van der Waals surface area (Å²) in [5, 5.41) is 19.0. The molecule has 7 nitrogen and oxygen atoms in total. The van der Waals surface area contributed by atoms with Gasteiger partial charge in [-0.25, -0.2) is 9.78 Å². The summed E-state index contributed by atoms with van der Waals surface area (Å²) in [6, 6.07) is 5.70. The zero-order chi connectivity index (χ0) is 17.7. The number of aromatic nitrogens is 1. The molecule has 0 aromatic carbocycles. The second-order valence-corrected chi connectivity index (χ2v) is 6.52. The Morgan fingerprint density at radius 2 is 1.88 bits per heavy atom. The van der Waals surface area contributed by atoms with Crippen LogP contribution in [0.25, 0.3) is 0 Å². The number of carbonyl (C=O) groups excluding carboxylic acids is 1. The molecule has 0 bridgehead atoms. The first-order valence-electron chi connectivity index (χ1n) is 8.25. The minimum atomic E-state index is -1.66. The fourth-order valence-electron chi connectivity index (χ4n) is 2.98. The molecule has 1 aromatic heterocycles. The number of hydrogen-bond acceptors (Lipinski definition) is 5. The molecule has 2 N–H and O–H groups in total. The number of nitrogens with zero attached hydrogens (tertiary/aromatic N) is 3. The van der Waals surface area contributed by atoms with Crippen LogP contribution in [0.3, 0.4) is 0 Å². The number of piperazine rings is 1. The second-order valence-electron chi connectivity index (χ2n) is 6.52. The van der Waals surface area contributed by atoms with E-state index in [1.165, 1.54) is 0 Å². The molecule has 1 fully saturated rings. The summed E-state index contributed by atoms with van der Waals surface area (Å²) in [7, 11) is 0. The number of carboxylic acid groups (broad SMARTS) is 1. The summed E-state index contributed by atoms with van der Waals surface area (Å²) >= 11 is 0. The van der Waals surface area contributed by atoms with Gasteiger partial charge in [0.1, 0.15) is 5.82 Å². The average Bonchev–Trinajstić information content (AvgIpc) is 2.59. The molecule has 2 rings (SSSR count). The predicted octanol–water partition coefficient (Wildman–Crippen LogP) is 0.838. The van der Waals surface area contributed by atoms with Crippen LogP contribution in [0.5, 0.6) is 0 Å². The second kappa shape index (κ2) is 8.10. The number of carboxylic acids is 1. The molecule has 1 saturated heterocycles. The van der Waals surface area contributed by atoms with Gasteiger partial charge in [0.15, 0.2) is 6.10 Å². The standard InChI is InChI=1S/C17H25N3O4/c1-12(2)11-13(15(21)17(23)24)16(22)20-9-7-19(8-10-20)14-5-3-4-6-18-14/h3-6,12-13,15,21H,7-11H2,1-2H3,(H,23,24)/t13-,15+/m0/s1. The van der Waals surface area contributed by atoms with Crippen LogP contribution in [-0.2, 0) is 9.59 Å². The van der Waals surface area contributed by atoms with Gasteiger partial charge in [0.05, 0.1) is 5.92 Å². The van der Waals surface area contributed by atoms with Gasteiger partial charge >= 0.3 is 5.97 Å². The van der Waals surface area contributed by atoms with Crippen LogP contribution < -0.4 is 4.90 Å². The molecule has 2 heterocycles. The molecule has 1 aliphatic rings. The number of aliphatic hydroxyl groups excluding tert-OH is 1. The normalized spacial score (nSPS) is 17.7. The van der Waals surface area contributed by atoms with Crippen LogP contribution in [0.1, 0.15) is 20.3 Å². The molecule has 7 heteroatoms. The van der Waals surface area contributed by atoms with E-state index >= 15 is 0 Å². The highest BCUT2D eigenvalue weighted by Crippen LogP contribution is 2.21. The molecule has 0 spiro atoms. The minimum Gasteiger partial charge on any atom is -0.479 e. The molecular weight excluding hydrogens is 310 g/mol. The number of carbonyl (C=O) groups is 2. The Hall–Kier alpha value is -2.15. The van der Waals surface area contributed by atoms with Crippen LogP contribution in [-0.4, -0.2) is 64.3 Å². The molecule has 24 heavy (non-hydrogen) atoms. The van der Waals surface area contributed by atoms with Crippen molar-refractivity contribution in [2.24, 2.45) is 11.8 Å². The highest BCUT2D eigenvalue weighted by Gasteiger charge is 2.36. The van der Waals surface area contributed by atoms with E-state index in [1.807, 2.05) is 32.0 Å². The lowest BCUT2D eigenvalue weighted by atomic mass is 9.90. The van der Waals surface area contributed by atoms with Crippen LogP contribution in [0.4, 0.5) is 5.82 Å². The lowest BCUT2D eigenvalue weighted by molar-refractivity contribution is -0.157. The average molecular weight is 335 g/mol. The third-order valence-corrected chi connectivity index (χ3v) is 4.24. The molecule has 132 valence electrons. The van der Waals surface area contributed by atoms with Crippen LogP contribution in [0, 0.1) is 11.8 Å². The highest BCUT2D eigenvalue weighted by molar-refractivity contribution is 5.86. The van der Waals surface area contributed by atoms with Gasteiger partial charge in [-0.2, -0.15) is 0 Å². The van der Waals surface area contributed by atoms with E-state index in [4.69, 9.17) is 5.11 Å². The van der Waals surface area contributed by atoms with Crippen molar-refractivity contribution in [2.75, 3.05) is 31.1 Å². The topological polar surface area (TPSA) is 94.0 Å². The Kier molecular flexibility index (Phi) is 6.14. The van der Waals surface area contributed by atoms with Crippen molar-refractivity contribution in [1.29, 1.82) is 0 Å². The Labute approximate surface area is 141 Å². The Balaban J connectivity index is 2.00. The van der Waals surface area contributed by atoms with Gasteiger partial charge in [-0.1, -0.05) is 19.9 Å². The van der Waals surface area contributed by atoms with Gasteiger partial charge < -0.3 is 20.0 Å². The molecule has 1 amide bonds. The van der Waals surface area contributed by atoms with Crippen molar-refractivity contribution in [1.82, 2.24) is 9.88 Å². The van der Waals surface area contributed by atoms with E-state index in [2.05, 4.69) is 9.88 Å². The summed E-state index contributed by atoms with van der Waals surface area (Å²) in [6.45, 7) is 6.09. The van der Waals surface area contributed by atoms with E-state index in [1.54, 1.807) is 11.1 Å². The number of aliphatic hydroxyl groups is 1. The van der Waals surface area contributed by atoms with Crippen LogP contribution in [0.2, 0.25) is 0 Å². The number of pyridine rings is 1. The van der Waals surface area contributed by atoms with Gasteiger partial charge in [0.2, 0.25) is 5.91 Å². The quantitative estimate of drug-likeness (QED) is 0.800. The Morgan fingerprint density at radius 1 is 1.21 bits per heavy atom. The predicted molar refractivity (Wildman–Crippen MR) is 89.6 cm³/mol. The molecule has 0 unspecified atom stereocenters. The molecule has 1 aromatic rings. The van der Waals surface area contributed by atoms with E-state index in [0.717, 1.165) is 5.82 Å². The summed E-state index contributed by atoms with van der Waals surface area (Å²) in [5.74, 6) is -1.53. The maximum atomic E-state index is 12.7. The van der Waals surface area contributed by atoms with Crippen molar-refractivity contribution in [3.8, 4) is 0 Å². The van der Waals surface area contributed by atoms with Gasteiger partial charge in [-0.3, -0.25) is 4.79 Å².